The average molecular weight is 447 g/mol. The molecule has 1 atom stereocenters. The highest BCUT2D eigenvalue weighted by atomic mass is 16.6. The van der Waals surface area contributed by atoms with E-state index in [0.717, 1.165) is 11.4 Å². The van der Waals surface area contributed by atoms with E-state index in [4.69, 9.17) is 14.2 Å². The average Bonchev–Trinajstić information content (AvgIpc) is 2.79. The lowest BCUT2D eigenvalue weighted by Gasteiger charge is -2.42. The molecule has 0 N–H and O–H groups in total. The van der Waals surface area contributed by atoms with Crippen molar-refractivity contribution < 1.29 is 28.7 Å². The Labute approximate surface area is 187 Å². The first-order chi connectivity index (χ1) is 15.2. The fraction of sp³-hybridized carbons (Fsp3) is 0.478. The van der Waals surface area contributed by atoms with Crippen LogP contribution in [0.2, 0.25) is 0 Å². The van der Waals surface area contributed by atoms with Gasteiger partial charge in [-0.2, -0.15) is 0 Å². The second-order valence-electron chi connectivity index (χ2n) is 7.50. The van der Waals surface area contributed by atoms with Gasteiger partial charge in [0.05, 0.1) is 10.3 Å². The van der Waals surface area contributed by atoms with Gasteiger partial charge in [0.25, 0.3) is 5.69 Å². The van der Waals surface area contributed by atoms with Gasteiger partial charge >= 0.3 is 11.9 Å². The molecule has 0 radical (unpaired) electrons. The van der Waals surface area contributed by atoms with Crippen LogP contribution in [0.4, 0.5) is 5.69 Å². The lowest BCUT2D eigenvalue weighted by atomic mass is 9.71. The summed E-state index contributed by atoms with van der Waals surface area (Å²) in [6, 6.07) is 6.20. The molecule has 1 heterocycles. The smallest absolute Gasteiger partial charge is 0.305 e. The summed E-state index contributed by atoms with van der Waals surface area (Å²) >= 11 is 0. The van der Waals surface area contributed by atoms with Crippen molar-refractivity contribution in [3.8, 4) is 0 Å². The predicted octanol–water partition coefficient (Wildman–Crippen LogP) is 3.84. The molecule has 0 saturated carbocycles. The molecule has 1 aliphatic heterocycles. The summed E-state index contributed by atoms with van der Waals surface area (Å²) in [5.74, 6) is -0.781. The van der Waals surface area contributed by atoms with Gasteiger partial charge in [-0.3, -0.25) is 19.7 Å². The number of allylic oxidation sites excluding steroid dienone is 2. The summed E-state index contributed by atoms with van der Waals surface area (Å²) < 4.78 is 16.4. The molecular formula is C23H30N2O7. The minimum Gasteiger partial charge on any atom is -0.464 e. The van der Waals surface area contributed by atoms with E-state index in [9.17, 15) is 19.7 Å². The van der Waals surface area contributed by atoms with Crippen LogP contribution in [-0.4, -0.2) is 48.8 Å². The van der Waals surface area contributed by atoms with Crippen molar-refractivity contribution in [2.24, 2.45) is 0 Å². The maximum atomic E-state index is 12.1. The fourth-order valence-corrected chi connectivity index (χ4v) is 3.75. The highest BCUT2D eigenvalue weighted by Gasteiger charge is 2.42. The number of carbonyl (C=O) groups is 2. The zero-order valence-corrected chi connectivity index (χ0v) is 19.2. The maximum absolute atomic E-state index is 12.1. The number of carbonyl (C=O) groups excluding carboxylic acids is 2. The fourth-order valence-electron chi connectivity index (χ4n) is 3.75. The molecule has 1 aromatic rings. The van der Waals surface area contributed by atoms with Crippen LogP contribution in [0.25, 0.3) is 0 Å². The summed E-state index contributed by atoms with van der Waals surface area (Å²) in [5, 5.41) is 11.5. The number of methoxy groups -OCH3 is 1. The molecule has 1 aromatic carbocycles. The second kappa shape index (κ2) is 10.9. The molecule has 2 rings (SSSR count). The number of ether oxygens (including phenoxy) is 3. The third-order valence-corrected chi connectivity index (χ3v) is 5.51. The molecule has 174 valence electrons. The number of non-ortho nitro benzene ring substituents is 1. The van der Waals surface area contributed by atoms with E-state index >= 15 is 0 Å². The molecule has 1 aliphatic rings. The first-order valence-corrected chi connectivity index (χ1v) is 10.4. The van der Waals surface area contributed by atoms with Crippen molar-refractivity contribution in [3.63, 3.8) is 0 Å². The zero-order valence-electron chi connectivity index (χ0n) is 19.2. The molecule has 0 amide bonds. The van der Waals surface area contributed by atoms with Gasteiger partial charge in [0.1, 0.15) is 19.9 Å². The molecule has 32 heavy (non-hydrogen) atoms. The van der Waals surface area contributed by atoms with E-state index in [1.807, 2.05) is 24.8 Å². The van der Waals surface area contributed by atoms with E-state index in [2.05, 4.69) is 0 Å². The van der Waals surface area contributed by atoms with Gasteiger partial charge in [-0.1, -0.05) is 26.0 Å². The number of nitrogens with zero attached hydrogens (tertiary/aromatic N) is 2. The van der Waals surface area contributed by atoms with Gasteiger partial charge < -0.3 is 19.1 Å². The Balaban J connectivity index is 2.72. The van der Waals surface area contributed by atoms with Crippen molar-refractivity contribution in [2.75, 3.05) is 27.1 Å². The number of nitro benzene ring substituents is 1. The van der Waals surface area contributed by atoms with E-state index < -0.39 is 16.3 Å². The largest absolute Gasteiger partial charge is 0.464 e. The van der Waals surface area contributed by atoms with Gasteiger partial charge in [-0.25, -0.2) is 0 Å². The Hall–Kier alpha value is -3.20. The van der Waals surface area contributed by atoms with Crippen molar-refractivity contribution in [2.45, 2.75) is 46.0 Å². The molecule has 0 saturated heterocycles. The quantitative estimate of drug-likeness (QED) is 0.303. The Morgan fingerprint density at radius 1 is 1.12 bits per heavy atom. The number of benzene rings is 1. The first-order valence-electron chi connectivity index (χ1n) is 10.4. The number of hydrogen-bond donors (Lipinski definition) is 0. The molecule has 1 unspecified atom stereocenters. The summed E-state index contributed by atoms with van der Waals surface area (Å²) in [7, 11) is 1.57. The number of rotatable bonds is 10. The highest BCUT2D eigenvalue weighted by molar-refractivity contribution is 5.70. The van der Waals surface area contributed by atoms with Crippen LogP contribution < -0.4 is 0 Å². The molecule has 0 bridgehead atoms. The van der Waals surface area contributed by atoms with Crippen LogP contribution in [0, 0.1) is 10.1 Å². The molecule has 0 aromatic heterocycles. The molecule has 9 nitrogen and oxygen atoms in total. The van der Waals surface area contributed by atoms with Gasteiger partial charge in [-0.15, -0.1) is 0 Å². The van der Waals surface area contributed by atoms with Gasteiger partial charge in [-0.05, 0) is 25.5 Å². The van der Waals surface area contributed by atoms with Gasteiger partial charge in [0, 0.05) is 49.1 Å². The number of hydrogen-bond acceptors (Lipinski definition) is 8. The summed E-state index contributed by atoms with van der Waals surface area (Å²) in [6.45, 7) is 7.24. The minimum atomic E-state index is -1.05. The lowest BCUT2D eigenvalue weighted by Crippen LogP contribution is -2.43. The summed E-state index contributed by atoms with van der Waals surface area (Å²) in [5.41, 5.74) is 1.66. The monoisotopic (exact) mass is 446 g/mol. The van der Waals surface area contributed by atoms with Gasteiger partial charge in [0.2, 0.25) is 0 Å². The number of nitro groups is 1. The van der Waals surface area contributed by atoms with E-state index in [1.54, 1.807) is 33.1 Å². The highest BCUT2D eigenvalue weighted by Crippen LogP contribution is 2.43. The first kappa shape index (κ1) is 25.1. The Morgan fingerprint density at radius 3 is 2.38 bits per heavy atom. The van der Waals surface area contributed by atoms with Crippen LogP contribution in [0.3, 0.4) is 0 Å². The molecule has 0 spiro atoms. The van der Waals surface area contributed by atoms with Crippen molar-refractivity contribution in [1.82, 2.24) is 4.90 Å². The predicted molar refractivity (Wildman–Crippen MR) is 117 cm³/mol. The summed E-state index contributed by atoms with van der Waals surface area (Å²) in [6.07, 6.45) is 2.28. The van der Waals surface area contributed by atoms with E-state index in [0.29, 0.717) is 11.1 Å². The molecule has 0 aliphatic carbocycles. The third kappa shape index (κ3) is 5.34. The molecular weight excluding hydrogens is 416 g/mol. The Kier molecular flexibility index (Phi) is 8.54. The molecule has 0 fully saturated rings. The van der Waals surface area contributed by atoms with E-state index in [1.165, 1.54) is 12.1 Å². The Morgan fingerprint density at radius 2 is 1.78 bits per heavy atom. The topological polar surface area (TPSA) is 108 Å². The van der Waals surface area contributed by atoms with Crippen LogP contribution in [0.15, 0.2) is 47.3 Å². The Bertz CT molecular complexity index is 938. The molecule has 9 heteroatoms. The minimum absolute atomic E-state index is 0.0606. The third-order valence-electron chi connectivity index (χ3n) is 5.51. The van der Waals surface area contributed by atoms with Crippen LogP contribution >= 0.6 is 0 Å². The lowest BCUT2D eigenvalue weighted by molar-refractivity contribution is -0.385. The number of esters is 2. The van der Waals surface area contributed by atoms with Crippen LogP contribution in [-0.2, 0) is 29.2 Å². The van der Waals surface area contributed by atoms with Crippen molar-refractivity contribution >= 4 is 17.6 Å². The normalized spacial score (nSPS) is 18.3. The SMILES string of the molecule is CCC(=O)OCC1=C(C)N(COC)C(C)=CC1(COC(=O)CC)c1cccc([N+](=O)[O-])c1. The van der Waals surface area contributed by atoms with Crippen LogP contribution in [0.1, 0.15) is 46.1 Å². The zero-order chi connectivity index (χ0) is 23.9. The summed E-state index contributed by atoms with van der Waals surface area (Å²) in [4.78, 5) is 36.9. The van der Waals surface area contributed by atoms with Crippen molar-refractivity contribution in [3.05, 3.63) is 63.0 Å². The second-order valence-corrected chi connectivity index (χ2v) is 7.50. The standard InChI is InChI=1S/C23H30N2O7/c1-6-21(26)31-13-20-17(4)24(15-30-5)16(3)12-23(20,14-32-22(27)7-2)18-9-8-10-19(11-18)25(28)29/h8-12H,6-7,13-15H2,1-5H3. The van der Waals surface area contributed by atoms with E-state index in [-0.39, 0.29) is 44.4 Å². The maximum Gasteiger partial charge on any atom is 0.305 e. The van der Waals surface area contributed by atoms with Gasteiger partial charge in [0.15, 0.2) is 0 Å². The van der Waals surface area contributed by atoms with Crippen LogP contribution in [0.5, 0.6) is 0 Å². The van der Waals surface area contributed by atoms with Crippen molar-refractivity contribution in [1.29, 1.82) is 0 Å².